The zero-order valence-electron chi connectivity index (χ0n) is 10.9. The topological polar surface area (TPSA) is 15.3 Å². The molecule has 0 amide bonds. The third kappa shape index (κ3) is 3.46. The molecule has 1 saturated carbocycles. The molecular weight excluding hydrogens is 196 g/mol. The van der Waals surface area contributed by atoms with E-state index in [1.807, 2.05) is 0 Å². The largest absolute Gasteiger partial charge is 0.317 e. The van der Waals surface area contributed by atoms with Crippen LogP contribution >= 0.6 is 0 Å². The molecule has 2 aliphatic rings. The first-order chi connectivity index (χ1) is 7.90. The molecule has 1 saturated heterocycles. The van der Waals surface area contributed by atoms with E-state index in [-0.39, 0.29) is 0 Å². The Morgan fingerprint density at radius 3 is 1.94 bits per heavy atom. The van der Waals surface area contributed by atoms with Crippen LogP contribution in [0.4, 0.5) is 0 Å². The highest BCUT2D eigenvalue weighted by Gasteiger charge is 2.24. The van der Waals surface area contributed by atoms with Crippen molar-refractivity contribution in [2.45, 2.75) is 69.9 Å². The Balaban J connectivity index is 1.77. The first-order valence-corrected chi connectivity index (χ1v) is 7.31. The summed E-state index contributed by atoms with van der Waals surface area (Å²) in [4.78, 5) is 2.78. The molecule has 1 aliphatic carbocycles. The Labute approximate surface area is 101 Å². The van der Waals surface area contributed by atoms with Crippen LogP contribution in [-0.4, -0.2) is 37.1 Å². The molecule has 94 valence electrons. The molecule has 1 N–H and O–H groups in total. The van der Waals surface area contributed by atoms with Crippen molar-refractivity contribution in [1.29, 1.82) is 0 Å². The van der Waals surface area contributed by atoms with Gasteiger partial charge in [0.1, 0.15) is 0 Å². The van der Waals surface area contributed by atoms with Gasteiger partial charge in [0.2, 0.25) is 0 Å². The fourth-order valence-electron chi connectivity index (χ4n) is 3.35. The van der Waals surface area contributed by atoms with Crippen LogP contribution in [0.3, 0.4) is 0 Å². The smallest absolute Gasteiger partial charge is 0.00952 e. The van der Waals surface area contributed by atoms with Crippen LogP contribution in [0.1, 0.15) is 57.8 Å². The fraction of sp³-hybridized carbons (Fsp3) is 1.00. The Kier molecular flexibility index (Phi) is 5.11. The molecule has 1 heterocycles. The summed E-state index contributed by atoms with van der Waals surface area (Å²) in [5.41, 5.74) is 0. The molecule has 0 unspecified atom stereocenters. The van der Waals surface area contributed by atoms with Crippen molar-refractivity contribution in [1.82, 2.24) is 10.2 Å². The number of hydrogen-bond acceptors (Lipinski definition) is 2. The summed E-state index contributed by atoms with van der Waals surface area (Å²) in [6.07, 6.45) is 13.0. The van der Waals surface area contributed by atoms with Gasteiger partial charge in [0, 0.05) is 12.1 Å². The van der Waals surface area contributed by atoms with Gasteiger partial charge in [0.25, 0.3) is 0 Å². The Hall–Kier alpha value is -0.0800. The highest BCUT2D eigenvalue weighted by atomic mass is 15.2. The van der Waals surface area contributed by atoms with Crippen molar-refractivity contribution in [3.05, 3.63) is 0 Å². The van der Waals surface area contributed by atoms with E-state index < -0.39 is 0 Å². The zero-order valence-corrected chi connectivity index (χ0v) is 10.9. The third-order valence-corrected chi connectivity index (χ3v) is 4.53. The maximum absolute atomic E-state index is 3.42. The van der Waals surface area contributed by atoms with Crippen LogP contribution in [0.2, 0.25) is 0 Å². The van der Waals surface area contributed by atoms with Crippen molar-refractivity contribution < 1.29 is 0 Å². The SMILES string of the molecule is CNC1CCN(C2CCCCCCC2)CC1. The minimum Gasteiger partial charge on any atom is -0.317 e. The highest BCUT2D eigenvalue weighted by Crippen LogP contribution is 2.24. The van der Waals surface area contributed by atoms with E-state index in [2.05, 4.69) is 17.3 Å². The minimum absolute atomic E-state index is 0.782. The number of likely N-dealkylation sites (tertiary alicyclic amines) is 1. The van der Waals surface area contributed by atoms with Gasteiger partial charge in [-0.15, -0.1) is 0 Å². The first-order valence-electron chi connectivity index (χ1n) is 7.31. The molecule has 0 aromatic carbocycles. The predicted molar refractivity (Wildman–Crippen MR) is 69.8 cm³/mol. The lowest BCUT2D eigenvalue weighted by molar-refractivity contribution is 0.124. The summed E-state index contributed by atoms with van der Waals surface area (Å²) in [7, 11) is 2.11. The van der Waals surface area contributed by atoms with Gasteiger partial charge in [0.15, 0.2) is 0 Å². The zero-order chi connectivity index (χ0) is 11.2. The molecular formula is C14H28N2. The molecule has 0 bridgehead atoms. The third-order valence-electron chi connectivity index (χ3n) is 4.53. The predicted octanol–water partition coefficient (Wildman–Crippen LogP) is 2.78. The fourth-order valence-corrected chi connectivity index (χ4v) is 3.35. The lowest BCUT2D eigenvalue weighted by Crippen LogP contribution is -2.46. The number of nitrogens with one attached hydrogen (secondary N) is 1. The van der Waals surface area contributed by atoms with Gasteiger partial charge in [-0.2, -0.15) is 0 Å². The molecule has 2 fully saturated rings. The van der Waals surface area contributed by atoms with Crippen LogP contribution in [-0.2, 0) is 0 Å². The summed E-state index contributed by atoms with van der Waals surface area (Å²) < 4.78 is 0. The van der Waals surface area contributed by atoms with Gasteiger partial charge >= 0.3 is 0 Å². The first kappa shape index (κ1) is 12.4. The van der Waals surface area contributed by atoms with E-state index in [1.54, 1.807) is 0 Å². The number of rotatable bonds is 2. The van der Waals surface area contributed by atoms with Crippen LogP contribution in [0.5, 0.6) is 0 Å². The van der Waals surface area contributed by atoms with Gasteiger partial charge < -0.3 is 10.2 Å². The lowest BCUT2D eigenvalue weighted by Gasteiger charge is -2.38. The van der Waals surface area contributed by atoms with E-state index >= 15 is 0 Å². The second-order valence-electron chi connectivity index (χ2n) is 5.60. The molecule has 0 spiro atoms. The van der Waals surface area contributed by atoms with Crippen molar-refractivity contribution in [3.8, 4) is 0 Å². The second-order valence-corrected chi connectivity index (χ2v) is 5.60. The summed E-state index contributed by atoms with van der Waals surface area (Å²) in [6, 6.07) is 1.70. The molecule has 16 heavy (non-hydrogen) atoms. The number of nitrogens with zero attached hydrogens (tertiary/aromatic N) is 1. The van der Waals surface area contributed by atoms with Gasteiger partial charge in [0.05, 0.1) is 0 Å². The average Bonchev–Trinajstić information content (AvgIpc) is 2.29. The van der Waals surface area contributed by atoms with Gasteiger partial charge in [-0.1, -0.05) is 32.1 Å². The number of piperidine rings is 1. The summed E-state index contributed by atoms with van der Waals surface area (Å²) in [5, 5.41) is 3.42. The van der Waals surface area contributed by atoms with Crippen LogP contribution < -0.4 is 5.32 Å². The molecule has 2 rings (SSSR count). The summed E-state index contributed by atoms with van der Waals surface area (Å²) in [5.74, 6) is 0. The van der Waals surface area contributed by atoms with E-state index in [0.29, 0.717) is 0 Å². The van der Waals surface area contributed by atoms with Crippen LogP contribution in [0, 0.1) is 0 Å². The van der Waals surface area contributed by atoms with Crippen molar-refractivity contribution in [2.75, 3.05) is 20.1 Å². The van der Waals surface area contributed by atoms with E-state index in [0.717, 1.165) is 12.1 Å². The lowest BCUT2D eigenvalue weighted by atomic mass is 9.93. The van der Waals surface area contributed by atoms with Gasteiger partial charge in [-0.25, -0.2) is 0 Å². The van der Waals surface area contributed by atoms with Gasteiger partial charge in [-0.3, -0.25) is 0 Å². The standard InChI is InChI=1S/C14H28N2/c1-15-13-9-11-16(12-10-13)14-7-5-3-2-4-6-8-14/h13-15H,2-12H2,1H3. The maximum Gasteiger partial charge on any atom is 0.00952 e. The Morgan fingerprint density at radius 1 is 0.812 bits per heavy atom. The summed E-state index contributed by atoms with van der Waals surface area (Å²) >= 11 is 0. The normalized spacial score (nSPS) is 27.6. The van der Waals surface area contributed by atoms with E-state index in [1.165, 1.54) is 70.9 Å². The van der Waals surface area contributed by atoms with Crippen molar-refractivity contribution in [3.63, 3.8) is 0 Å². The molecule has 0 atom stereocenters. The Morgan fingerprint density at radius 2 is 1.38 bits per heavy atom. The monoisotopic (exact) mass is 224 g/mol. The Bertz CT molecular complexity index is 177. The van der Waals surface area contributed by atoms with E-state index in [4.69, 9.17) is 0 Å². The van der Waals surface area contributed by atoms with Crippen molar-refractivity contribution >= 4 is 0 Å². The minimum atomic E-state index is 0.782. The van der Waals surface area contributed by atoms with Crippen molar-refractivity contribution in [2.24, 2.45) is 0 Å². The quantitative estimate of drug-likeness (QED) is 0.776. The van der Waals surface area contributed by atoms with E-state index in [9.17, 15) is 0 Å². The molecule has 0 aromatic rings. The summed E-state index contributed by atoms with van der Waals surface area (Å²) in [6.45, 7) is 2.66. The molecule has 0 radical (unpaired) electrons. The maximum atomic E-state index is 3.42. The van der Waals surface area contributed by atoms with Crippen LogP contribution in [0.25, 0.3) is 0 Å². The van der Waals surface area contributed by atoms with Gasteiger partial charge in [-0.05, 0) is 45.8 Å². The molecule has 0 aromatic heterocycles. The average molecular weight is 224 g/mol. The number of hydrogen-bond donors (Lipinski definition) is 1. The molecule has 2 heteroatoms. The second kappa shape index (κ2) is 6.61. The highest BCUT2D eigenvalue weighted by molar-refractivity contribution is 4.81. The molecule has 2 nitrogen and oxygen atoms in total. The van der Waals surface area contributed by atoms with Crippen LogP contribution in [0.15, 0.2) is 0 Å². The molecule has 1 aliphatic heterocycles.